The fraction of sp³-hybridized carbons (Fsp3) is 0. The summed E-state index contributed by atoms with van der Waals surface area (Å²) in [5.41, 5.74) is 3.12. The molecule has 2 heterocycles. The maximum Gasteiger partial charge on any atom is 0.265 e. The molecule has 0 amide bonds. The second kappa shape index (κ2) is 4.87. The number of para-hydroxylation sites is 1. The first kappa shape index (κ1) is 11.9. The predicted octanol–water partition coefficient (Wildman–Crippen LogP) is 2.57. The van der Waals surface area contributed by atoms with Crippen LogP contribution < -0.4 is 16.0 Å². The lowest BCUT2D eigenvalue weighted by atomic mass is 10.3. The molecule has 0 saturated heterocycles. The minimum atomic E-state index is 0.382. The number of nitrogens with zero attached hydrogens (tertiary/aromatic N) is 3. The molecule has 2 aromatic heterocycles. The lowest BCUT2D eigenvalue weighted by Gasteiger charge is -2.09. The maximum atomic E-state index is 5.79. The Bertz CT molecular complexity index is 727. The van der Waals surface area contributed by atoms with Crippen LogP contribution in [0.4, 0.5) is 5.82 Å². The summed E-state index contributed by atoms with van der Waals surface area (Å²) in [6.45, 7) is 0. The zero-order valence-corrected chi connectivity index (χ0v) is 11.3. The molecular formula is C12H10BrN5O. The molecule has 0 spiro atoms. The van der Waals surface area contributed by atoms with Gasteiger partial charge in [-0.1, -0.05) is 12.1 Å². The van der Waals surface area contributed by atoms with Gasteiger partial charge in [0.15, 0.2) is 5.82 Å². The molecule has 0 atom stereocenters. The largest absolute Gasteiger partial charge is 0.435 e. The molecule has 7 heteroatoms. The van der Waals surface area contributed by atoms with Gasteiger partial charge in [-0.2, -0.15) is 4.98 Å². The van der Waals surface area contributed by atoms with Crippen molar-refractivity contribution in [3.05, 3.63) is 47.3 Å². The number of hydrazine groups is 1. The van der Waals surface area contributed by atoms with Gasteiger partial charge in [-0.25, -0.2) is 10.8 Å². The molecule has 0 bridgehead atoms. The van der Waals surface area contributed by atoms with E-state index in [9.17, 15) is 0 Å². The molecule has 0 fully saturated rings. The highest BCUT2D eigenvalue weighted by Gasteiger charge is 2.10. The molecule has 3 aromatic rings. The SMILES string of the molecule is NNc1cn2ccnc2c(Oc2ccccc2Br)n1. The second-order valence-electron chi connectivity index (χ2n) is 3.77. The van der Waals surface area contributed by atoms with Crippen molar-refractivity contribution in [3.8, 4) is 11.6 Å². The summed E-state index contributed by atoms with van der Waals surface area (Å²) in [5, 5.41) is 0. The molecule has 3 N–H and O–H groups in total. The van der Waals surface area contributed by atoms with E-state index in [1.807, 2.05) is 24.3 Å². The van der Waals surface area contributed by atoms with Gasteiger partial charge in [-0.15, -0.1) is 0 Å². The van der Waals surface area contributed by atoms with E-state index < -0.39 is 0 Å². The number of benzene rings is 1. The van der Waals surface area contributed by atoms with Crippen molar-refractivity contribution in [3.63, 3.8) is 0 Å². The van der Waals surface area contributed by atoms with Crippen LogP contribution >= 0.6 is 15.9 Å². The first-order chi connectivity index (χ1) is 9.28. The number of halogens is 1. The maximum absolute atomic E-state index is 5.79. The Labute approximate surface area is 117 Å². The molecule has 19 heavy (non-hydrogen) atoms. The molecule has 0 radical (unpaired) electrons. The first-order valence-electron chi connectivity index (χ1n) is 5.50. The highest BCUT2D eigenvalue weighted by molar-refractivity contribution is 9.10. The summed E-state index contributed by atoms with van der Waals surface area (Å²) in [7, 11) is 0. The highest BCUT2D eigenvalue weighted by atomic mass is 79.9. The molecular weight excluding hydrogens is 310 g/mol. The highest BCUT2D eigenvalue weighted by Crippen LogP contribution is 2.30. The van der Waals surface area contributed by atoms with E-state index in [1.54, 1.807) is 23.0 Å². The zero-order chi connectivity index (χ0) is 13.2. The third-order valence-electron chi connectivity index (χ3n) is 2.53. The summed E-state index contributed by atoms with van der Waals surface area (Å²) in [6.07, 6.45) is 5.20. The van der Waals surface area contributed by atoms with Crippen LogP contribution in [0.3, 0.4) is 0 Å². The van der Waals surface area contributed by atoms with Crippen LogP contribution in [0.1, 0.15) is 0 Å². The van der Waals surface area contributed by atoms with E-state index in [0.717, 1.165) is 4.47 Å². The number of nitrogens with two attached hydrogens (primary N) is 1. The molecule has 1 aromatic carbocycles. The monoisotopic (exact) mass is 319 g/mol. The smallest absolute Gasteiger partial charge is 0.265 e. The standard InChI is InChI=1S/C12H10BrN5O/c13-8-3-1-2-4-9(8)19-12-11-15-5-6-18(11)7-10(16-12)17-14/h1-7,17H,14H2. The van der Waals surface area contributed by atoms with E-state index in [2.05, 4.69) is 31.3 Å². The van der Waals surface area contributed by atoms with E-state index >= 15 is 0 Å². The third-order valence-corrected chi connectivity index (χ3v) is 3.19. The van der Waals surface area contributed by atoms with Crippen molar-refractivity contribution in [2.45, 2.75) is 0 Å². The third kappa shape index (κ3) is 2.25. The number of aromatic nitrogens is 3. The van der Waals surface area contributed by atoms with Gasteiger partial charge in [-0.3, -0.25) is 4.40 Å². The van der Waals surface area contributed by atoms with Gasteiger partial charge in [0.05, 0.1) is 10.7 Å². The molecule has 0 saturated carbocycles. The van der Waals surface area contributed by atoms with Crippen LogP contribution in [0, 0.1) is 0 Å². The molecule has 0 aliphatic carbocycles. The van der Waals surface area contributed by atoms with Crippen LogP contribution in [0.2, 0.25) is 0 Å². The van der Waals surface area contributed by atoms with Crippen LogP contribution in [-0.4, -0.2) is 14.4 Å². The van der Waals surface area contributed by atoms with E-state index in [1.165, 1.54) is 0 Å². The Balaban J connectivity index is 2.09. The van der Waals surface area contributed by atoms with Gasteiger partial charge in [0.1, 0.15) is 5.75 Å². The summed E-state index contributed by atoms with van der Waals surface area (Å²) >= 11 is 3.42. The molecule has 0 aliphatic rings. The van der Waals surface area contributed by atoms with Gasteiger partial charge in [0.2, 0.25) is 5.65 Å². The average Bonchev–Trinajstić information content (AvgIpc) is 2.89. The second-order valence-corrected chi connectivity index (χ2v) is 4.62. The Morgan fingerprint density at radius 2 is 2.16 bits per heavy atom. The lowest BCUT2D eigenvalue weighted by Crippen LogP contribution is -2.10. The minimum absolute atomic E-state index is 0.382. The number of nitrogen functional groups attached to an aromatic ring is 1. The fourth-order valence-electron chi connectivity index (χ4n) is 1.67. The topological polar surface area (TPSA) is 77.5 Å². The fourth-order valence-corrected chi connectivity index (χ4v) is 2.04. The van der Waals surface area contributed by atoms with Crippen molar-refractivity contribution in [1.82, 2.24) is 14.4 Å². The van der Waals surface area contributed by atoms with Crippen LogP contribution in [0.5, 0.6) is 11.6 Å². The number of anilines is 1. The van der Waals surface area contributed by atoms with Gasteiger partial charge in [-0.05, 0) is 28.1 Å². The predicted molar refractivity (Wildman–Crippen MR) is 75.0 cm³/mol. The number of nitrogens with one attached hydrogen (secondary N) is 1. The summed E-state index contributed by atoms with van der Waals surface area (Å²) in [4.78, 5) is 8.48. The summed E-state index contributed by atoms with van der Waals surface area (Å²) in [5.74, 6) is 6.93. The molecule has 3 rings (SSSR count). The number of fused-ring (bicyclic) bond motifs is 1. The van der Waals surface area contributed by atoms with Gasteiger partial charge < -0.3 is 10.2 Å². The van der Waals surface area contributed by atoms with Crippen molar-refractivity contribution in [1.29, 1.82) is 0 Å². The van der Waals surface area contributed by atoms with E-state index in [-0.39, 0.29) is 0 Å². The number of imidazole rings is 1. The van der Waals surface area contributed by atoms with Gasteiger partial charge in [0.25, 0.3) is 5.88 Å². The van der Waals surface area contributed by atoms with Crippen molar-refractivity contribution in [2.24, 2.45) is 5.84 Å². The number of ether oxygens (including phenoxy) is 1. The summed E-state index contributed by atoms with van der Waals surface area (Å²) < 4.78 is 8.41. The number of rotatable bonds is 3. The average molecular weight is 320 g/mol. The Kier molecular flexibility index (Phi) is 3.06. The Hall–Kier alpha value is -2.12. The van der Waals surface area contributed by atoms with Crippen molar-refractivity contribution in [2.75, 3.05) is 5.43 Å². The molecule has 96 valence electrons. The van der Waals surface area contributed by atoms with Gasteiger partial charge in [0, 0.05) is 12.4 Å². The number of hydrogen-bond donors (Lipinski definition) is 2. The van der Waals surface area contributed by atoms with Crippen LogP contribution in [0.25, 0.3) is 5.65 Å². The van der Waals surface area contributed by atoms with Gasteiger partial charge >= 0.3 is 0 Å². The minimum Gasteiger partial charge on any atom is -0.435 e. The zero-order valence-electron chi connectivity index (χ0n) is 9.75. The quantitative estimate of drug-likeness (QED) is 0.573. The molecule has 0 unspecified atom stereocenters. The van der Waals surface area contributed by atoms with Crippen LogP contribution in [-0.2, 0) is 0 Å². The van der Waals surface area contributed by atoms with E-state index in [4.69, 9.17) is 10.6 Å². The lowest BCUT2D eigenvalue weighted by molar-refractivity contribution is 0.463. The van der Waals surface area contributed by atoms with E-state index in [0.29, 0.717) is 23.1 Å². The van der Waals surface area contributed by atoms with Crippen molar-refractivity contribution < 1.29 is 4.74 Å². The number of hydrogen-bond acceptors (Lipinski definition) is 5. The normalized spacial score (nSPS) is 10.6. The first-order valence-corrected chi connectivity index (χ1v) is 6.30. The Morgan fingerprint density at radius 1 is 1.32 bits per heavy atom. The van der Waals surface area contributed by atoms with Crippen molar-refractivity contribution >= 4 is 27.4 Å². The van der Waals surface area contributed by atoms with Crippen LogP contribution in [0.15, 0.2) is 47.3 Å². The molecule has 6 nitrogen and oxygen atoms in total. The molecule has 0 aliphatic heterocycles. The Morgan fingerprint density at radius 3 is 2.95 bits per heavy atom. The summed E-state index contributed by atoms with van der Waals surface area (Å²) in [6, 6.07) is 7.53.